The normalized spacial score (nSPS) is 38.6. The fourth-order valence-electron chi connectivity index (χ4n) is 1.73. The molecule has 0 aromatic heterocycles. The highest BCUT2D eigenvalue weighted by atomic mass is 16.3. The lowest BCUT2D eigenvalue weighted by molar-refractivity contribution is 0.0126. The third-order valence-electron chi connectivity index (χ3n) is 2.76. The van der Waals surface area contributed by atoms with Gasteiger partial charge in [-0.3, -0.25) is 0 Å². The highest BCUT2D eigenvalue weighted by molar-refractivity contribution is 4.99. The van der Waals surface area contributed by atoms with E-state index in [1.807, 2.05) is 6.92 Å². The Hall–Kier alpha value is -0.300. The highest BCUT2D eigenvalue weighted by Crippen LogP contribution is 2.34. The number of rotatable bonds is 1. The van der Waals surface area contributed by atoms with Gasteiger partial charge in [0.15, 0.2) is 0 Å². The van der Waals surface area contributed by atoms with E-state index in [1.54, 1.807) is 0 Å². The maximum Gasteiger partial charge on any atom is 0.0620 e. The lowest BCUT2D eigenvalue weighted by Crippen LogP contribution is -2.30. The lowest BCUT2D eigenvalue weighted by atomic mass is 9.77. The Morgan fingerprint density at radius 1 is 1.45 bits per heavy atom. The minimum absolute atomic E-state index is 0.397. The van der Waals surface area contributed by atoms with Crippen LogP contribution in [0.25, 0.3) is 0 Å². The molecule has 0 aromatic rings. The molecule has 1 saturated carbocycles. The minimum atomic E-state index is -0.397. The summed E-state index contributed by atoms with van der Waals surface area (Å²) in [5.74, 6) is 0.662. The van der Waals surface area contributed by atoms with Gasteiger partial charge in [-0.25, -0.2) is 0 Å². The van der Waals surface area contributed by atoms with Crippen LogP contribution < -0.4 is 0 Å². The van der Waals surface area contributed by atoms with Crippen molar-refractivity contribution in [2.45, 2.75) is 45.1 Å². The van der Waals surface area contributed by atoms with Crippen LogP contribution in [-0.4, -0.2) is 10.7 Å². The molecule has 0 aromatic carbocycles. The van der Waals surface area contributed by atoms with E-state index < -0.39 is 5.60 Å². The van der Waals surface area contributed by atoms with Gasteiger partial charge in [-0.05, 0) is 45.4 Å². The topological polar surface area (TPSA) is 20.2 Å². The molecule has 0 radical (unpaired) electrons. The van der Waals surface area contributed by atoms with E-state index in [0.717, 1.165) is 25.7 Å². The summed E-state index contributed by atoms with van der Waals surface area (Å²) in [4.78, 5) is 0. The minimum Gasteiger partial charge on any atom is -0.390 e. The average Bonchev–Trinajstić information content (AvgIpc) is 1.86. The van der Waals surface area contributed by atoms with Crippen LogP contribution in [0.4, 0.5) is 0 Å². The van der Waals surface area contributed by atoms with Gasteiger partial charge in [-0.2, -0.15) is 0 Å². The monoisotopic (exact) mass is 154 g/mol. The van der Waals surface area contributed by atoms with Crippen LogP contribution in [-0.2, 0) is 0 Å². The van der Waals surface area contributed by atoms with Crippen LogP contribution in [0.2, 0.25) is 0 Å². The molecule has 0 amide bonds. The van der Waals surface area contributed by atoms with Crippen molar-refractivity contribution in [2.75, 3.05) is 0 Å². The molecular formula is C10H18O. The Balaban J connectivity index is 2.42. The maximum absolute atomic E-state index is 9.64. The largest absolute Gasteiger partial charge is 0.390 e. The van der Waals surface area contributed by atoms with Crippen LogP contribution in [0.3, 0.4) is 0 Å². The molecular weight excluding hydrogens is 136 g/mol. The van der Waals surface area contributed by atoms with Crippen molar-refractivity contribution in [3.8, 4) is 0 Å². The van der Waals surface area contributed by atoms with Crippen molar-refractivity contribution in [3.05, 3.63) is 12.2 Å². The first kappa shape index (κ1) is 8.79. The molecule has 1 rings (SSSR count). The van der Waals surface area contributed by atoms with Gasteiger partial charge in [-0.1, -0.05) is 12.2 Å². The molecule has 1 N–H and O–H groups in total. The van der Waals surface area contributed by atoms with Crippen LogP contribution in [0.1, 0.15) is 39.5 Å². The summed E-state index contributed by atoms with van der Waals surface area (Å²) in [6.45, 7) is 7.97. The summed E-state index contributed by atoms with van der Waals surface area (Å²) >= 11 is 0. The molecule has 0 aliphatic heterocycles. The van der Waals surface area contributed by atoms with Gasteiger partial charge in [0.25, 0.3) is 0 Å². The molecule has 0 unspecified atom stereocenters. The molecule has 0 bridgehead atoms. The van der Waals surface area contributed by atoms with E-state index in [9.17, 15) is 5.11 Å². The van der Waals surface area contributed by atoms with E-state index in [4.69, 9.17) is 0 Å². The van der Waals surface area contributed by atoms with Crippen molar-refractivity contribution in [1.82, 2.24) is 0 Å². The van der Waals surface area contributed by atoms with Crippen molar-refractivity contribution in [2.24, 2.45) is 5.92 Å². The lowest BCUT2D eigenvalue weighted by Gasteiger charge is -2.33. The van der Waals surface area contributed by atoms with Crippen LogP contribution in [0, 0.1) is 5.92 Å². The Bertz CT molecular complexity index is 148. The van der Waals surface area contributed by atoms with Gasteiger partial charge in [-0.15, -0.1) is 0 Å². The first-order valence-electron chi connectivity index (χ1n) is 4.39. The second kappa shape index (κ2) is 2.98. The Kier molecular flexibility index (Phi) is 2.38. The number of aliphatic hydroxyl groups is 1. The summed E-state index contributed by atoms with van der Waals surface area (Å²) in [5.41, 5.74) is 0.881. The molecule has 1 heteroatoms. The second-order valence-electron chi connectivity index (χ2n) is 4.12. The molecule has 1 aliphatic carbocycles. The van der Waals surface area contributed by atoms with Gasteiger partial charge in [0.05, 0.1) is 5.60 Å². The fraction of sp³-hybridized carbons (Fsp3) is 0.800. The molecule has 0 atom stereocenters. The number of hydrogen-bond acceptors (Lipinski definition) is 1. The van der Waals surface area contributed by atoms with Crippen LogP contribution >= 0.6 is 0 Å². The smallest absolute Gasteiger partial charge is 0.0620 e. The van der Waals surface area contributed by atoms with Gasteiger partial charge in [0.1, 0.15) is 0 Å². The maximum atomic E-state index is 9.64. The van der Waals surface area contributed by atoms with Crippen molar-refractivity contribution in [3.63, 3.8) is 0 Å². The number of allylic oxidation sites excluding steroid dienone is 1. The predicted molar refractivity (Wildman–Crippen MR) is 47.4 cm³/mol. The van der Waals surface area contributed by atoms with Crippen LogP contribution in [0.15, 0.2) is 12.2 Å². The van der Waals surface area contributed by atoms with Crippen molar-refractivity contribution < 1.29 is 5.11 Å². The average molecular weight is 154 g/mol. The first-order valence-corrected chi connectivity index (χ1v) is 4.39. The Labute approximate surface area is 69.1 Å². The molecule has 1 aliphatic rings. The highest BCUT2D eigenvalue weighted by Gasteiger charge is 2.28. The molecule has 0 saturated heterocycles. The van der Waals surface area contributed by atoms with Gasteiger partial charge in [0.2, 0.25) is 0 Å². The van der Waals surface area contributed by atoms with Crippen LogP contribution in [0.5, 0.6) is 0 Å². The Morgan fingerprint density at radius 3 is 2.27 bits per heavy atom. The molecule has 0 heterocycles. The fourth-order valence-corrected chi connectivity index (χ4v) is 1.73. The quantitative estimate of drug-likeness (QED) is 0.575. The molecule has 0 spiro atoms. The van der Waals surface area contributed by atoms with Gasteiger partial charge < -0.3 is 5.11 Å². The SMILES string of the molecule is C=C(C)C1CCC(C)(O)CC1. The Morgan fingerprint density at radius 2 is 1.91 bits per heavy atom. The molecule has 64 valence electrons. The van der Waals surface area contributed by atoms with Gasteiger partial charge in [0, 0.05) is 0 Å². The second-order valence-corrected chi connectivity index (χ2v) is 4.12. The third-order valence-corrected chi connectivity index (χ3v) is 2.76. The predicted octanol–water partition coefficient (Wildman–Crippen LogP) is 2.50. The number of hydrogen-bond donors (Lipinski definition) is 1. The van der Waals surface area contributed by atoms with E-state index in [1.165, 1.54) is 5.57 Å². The molecule has 1 nitrogen and oxygen atoms in total. The standard InChI is InChI=1S/C10H18O/c1-8(2)9-4-6-10(3,11)7-5-9/h9,11H,1,4-7H2,2-3H3. The zero-order valence-electron chi connectivity index (χ0n) is 7.56. The molecule has 11 heavy (non-hydrogen) atoms. The van der Waals surface area contributed by atoms with Crippen molar-refractivity contribution in [1.29, 1.82) is 0 Å². The summed E-state index contributed by atoms with van der Waals surface area (Å²) < 4.78 is 0. The van der Waals surface area contributed by atoms with Crippen molar-refractivity contribution >= 4 is 0 Å². The zero-order chi connectivity index (χ0) is 8.48. The van der Waals surface area contributed by atoms with Gasteiger partial charge >= 0.3 is 0 Å². The summed E-state index contributed by atoms with van der Waals surface area (Å²) in [6, 6.07) is 0. The first-order chi connectivity index (χ1) is 5.01. The summed E-state index contributed by atoms with van der Waals surface area (Å²) in [6.07, 6.45) is 4.10. The summed E-state index contributed by atoms with van der Waals surface area (Å²) in [7, 11) is 0. The van der Waals surface area contributed by atoms with E-state index in [0.29, 0.717) is 5.92 Å². The van der Waals surface area contributed by atoms with E-state index >= 15 is 0 Å². The van der Waals surface area contributed by atoms with E-state index in [-0.39, 0.29) is 0 Å². The van der Waals surface area contributed by atoms with E-state index in [2.05, 4.69) is 13.5 Å². The zero-order valence-corrected chi connectivity index (χ0v) is 7.56. The molecule has 1 fully saturated rings. The third kappa shape index (κ3) is 2.33. The summed E-state index contributed by atoms with van der Waals surface area (Å²) in [5, 5.41) is 9.64.